The van der Waals surface area contributed by atoms with Crippen LogP contribution in [0, 0.1) is 0 Å². The van der Waals surface area contributed by atoms with E-state index in [9.17, 15) is 5.11 Å². The molecule has 2 aliphatic heterocycles. The lowest BCUT2D eigenvalue weighted by Gasteiger charge is -2.38. The second-order valence-corrected chi connectivity index (χ2v) is 8.95. The van der Waals surface area contributed by atoms with Crippen molar-refractivity contribution in [3.63, 3.8) is 0 Å². The number of pyridine rings is 1. The van der Waals surface area contributed by atoms with E-state index in [0.717, 1.165) is 48.5 Å². The van der Waals surface area contributed by atoms with Crippen LogP contribution in [0.15, 0.2) is 36.4 Å². The molecule has 0 bridgehead atoms. The number of hydrogen-bond acceptors (Lipinski definition) is 8. The molecule has 5 rings (SSSR count). The van der Waals surface area contributed by atoms with Crippen molar-refractivity contribution < 1.29 is 14.6 Å². The lowest BCUT2D eigenvalue weighted by atomic mass is 10.1. The average Bonchev–Trinajstić information content (AvgIpc) is 2.83. The number of benzene rings is 1. The third kappa shape index (κ3) is 4.45. The van der Waals surface area contributed by atoms with Crippen molar-refractivity contribution in [3.05, 3.63) is 36.4 Å². The van der Waals surface area contributed by atoms with Gasteiger partial charge in [-0.3, -0.25) is 0 Å². The maximum absolute atomic E-state index is 9.66. The monoisotopic (exact) mass is 449 g/mol. The maximum Gasteiger partial charge on any atom is 0.229 e. The Morgan fingerprint density at radius 1 is 1.00 bits per heavy atom. The molecule has 0 spiro atoms. The van der Waals surface area contributed by atoms with Crippen molar-refractivity contribution in [2.24, 2.45) is 0 Å². The van der Waals surface area contributed by atoms with E-state index in [-0.39, 0.29) is 24.0 Å². The van der Waals surface area contributed by atoms with Crippen molar-refractivity contribution >= 4 is 22.8 Å². The highest BCUT2D eigenvalue weighted by molar-refractivity contribution is 5.90. The van der Waals surface area contributed by atoms with Crippen LogP contribution in [0.4, 0.5) is 11.8 Å². The SMILES string of the molecule is CC[C@H]1COCCN1c1nc(N2C[C@@H](C)O[C@@H](C)C2)nc2nc(-c3ccc(O)cc3)ccc12. The molecular formula is C25H31N5O3. The van der Waals surface area contributed by atoms with Gasteiger partial charge < -0.3 is 24.4 Å². The molecule has 1 aromatic carbocycles. The van der Waals surface area contributed by atoms with E-state index < -0.39 is 0 Å². The molecule has 8 nitrogen and oxygen atoms in total. The Morgan fingerprint density at radius 3 is 2.48 bits per heavy atom. The molecule has 1 N–H and O–H groups in total. The van der Waals surface area contributed by atoms with E-state index >= 15 is 0 Å². The second-order valence-electron chi connectivity index (χ2n) is 8.95. The fourth-order valence-electron chi connectivity index (χ4n) is 4.75. The number of ether oxygens (including phenoxy) is 2. The standard InChI is InChI=1S/C25H31N5O3/c1-4-19-15-32-12-11-30(19)24-21-9-10-22(18-5-7-20(31)8-6-18)26-23(21)27-25(28-24)29-13-16(2)33-17(3)14-29/h5-10,16-17,19,31H,4,11-15H2,1-3H3/t16-,17+,19-/m0/s1. The molecule has 2 saturated heterocycles. The fourth-order valence-corrected chi connectivity index (χ4v) is 4.75. The number of phenols is 1. The summed E-state index contributed by atoms with van der Waals surface area (Å²) in [5.41, 5.74) is 2.42. The number of nitrogens with zero attached hydrogens (tertiary/aromatic N) is 5. The van der Waals surface area contributed by atoms with E-state index in [0.29, 0.717) is 24.8 Å². The zero-order chi connectivity index (χ0) is 22.9. The largest absolute Gasteiger partial charge is 0.508 e. The number of anilines is 2. The van der Waals surface area contributed by atoms with Gasteiger partial charge in [0, 0.05) is 25.2 Å². The third-order valence-electron chi connectivity index (χ3n) is 6.36. The topological polar surface area (TPSA) is 83.8 Å². The molecule has 0 unspecified atom stereocenters. The molecule has 4 heterocycles. The smallest absolute Gasteiger partial charge is 0.229 e. The van der Waals surface area contributed by atoms with Crippen LogP contribution < -0.4 is 9.80 Å². The summed E-state index contributed by atoms with van der Waals surface area (Å²) in [4.78, 5) is 19.5. The third-order valence-corrected chi connectivity index (χ3v) is 6.36. The van der Waals surface area contributed by atoms with E-state index in [1.807, 2.05) is 18.2 Å². The maximum atomic E-state index is 9.66. The van der Waals surface area contributed by atoms with Crippen molar-refractivity contribution in [1.82, 2.24) is 15.0 Å². The molecule has 0 saturated carbocycles. The molecular weight excluding hydrogens is 418 g/mol. The Kier molecular flexibility index (Phi) is 6.03. The van der Waals surface area contributed by atoms with E-state index in [1.54, 1.807) is 12.1 Å². The normalized spacial score (nSPS) is 23.8. The van der Waals surface area contributed by atoms with Crippen molar-refractivity contribution in [3.8, 4) is 17.0 Å². The van der Waals surface area contributed by atoms with Crippen LogP contribution in [0.1, 0.15) is 27.2 Å². The summed E-state index contributed by atoms with van der Waals surface area (Å²) in [6, 6.07) is 11.4. The minimum Gasteiger partial charge on any atom is -0.508 e. The van der Waals surface area contributed by atoms with Crippen LogP contribution in [0.3, 0.4) is 0 Å². The molecule has 8 heteroatoms. The lowest BCUT2D eigenvalue weighted by molar-refractivity contribution is -0.00570. The van der Waals surface area contributed by atoms with Gasteiger partial charge in [-0.25, -0.2) is 4.98 Å². The van der Waals surface area contributed by atoms with Crippen LogP contribution in [0.5, 0.6) is 5.75 Å². The van der Waals surface area contributed by atoms with Crippen molar-refractivity contribution in [2.45, 2.75) is 45.4 Å². The van der Waals surface area contributed by atoms with Crippen molar-refractivity contribution in [1.29, 1.82) is 0 Å². The minimum atomic E-state index is 0.111. The number of rotatable bonds is 4. The molecule has 3 aromatic rings. The summed E-state index contributed by atoms with van der Waals surface area (Å²) in [7, 11) is 0. The predicted octanol–water partition coefficient (Wildman–Crippen LogP) is 3.63. The van der Waals surface area contributed by atoms with Gasteiger partial charge in [0.15, 0.2) is 5.65 Å². The van der Waals surface area contributed by atoms with E-state index in [4.69, 9.17) is 24.4 Å². The number of aromatic hydroxyl groups is 1. The molecule has 2 aromatic heterocycles. The highest BCUT2D eigenvalue weighted by Crippen LogP contribution is 2.32. The van der Waals surface area contributed by atoms with Gasteiger partial charge in [-0.1, -0.05) is 6.92 Å². The molecule has 0 radical (unpaired) electrons. The van der Waals surface area contributed by atoms with Gasteiger partial charge in [0.2, 0.25) is 5.95 Å². The number of fused-ring (bicyclic) bond motifs is 1. The number of hydrogen-bond donors (Lipinski definition) is 1. The van der Waals surface area contributed by atoms with Gasteiger partial charge in [-0.15, -0.1) is 0 Å². The first-order valence-electron chi connectivity index (χ1n) is 11.7. The number of aromatic nitrogens is 3. The number of phenolic OH excluding ortho intramolecular Hbond substituents is 1. The molecule has 2 aliphatic rings. The first kappa shape index (κ1) is 21.9. The highest BCUT2D eigenvalue weighted by Gasteiger charge is 2.29. The lowest BCUT2D eigenvalue weighted by Crippen LogP contribution is -2.47. The molecule has 0 amide bonds. The summed E-state index contributed by atoms with van der Waals surface area (Å²) in [6.45, 7) is 10.0. The molecule has 3 atom stereocenters. The quantitative estimate of drug-likeness (QED) is 0.647. The van der Waals surface area contributed by atoms with Crippen LogP contribution in [0.2, 0.25) is 0 Å². The average molecular weight is 450 g/mol. The minimum absolute atomic E-state index is 0.111. The van der Waals surface area contributed by atoms with Gasteiger partial charge in [0.05, 0.1) is 42.5 Å². The molecule has 0 aliphatic carbocycles. The Balaban J connectivity index is 1.63. The summed E-state index contributed by atoms with van der Waals surface area (Å²) in [6.07, 6.45) is 1.20. The summed E-state index contributed by atoms with van der Waals surface area (Å²) in [5, 5.41) is 10.6. The van der Waals surface area contributed by atoms with Crippen LogP contribution >= 0.6 is 0 Å². The van der Waals surface area contributed by atoms with Gasteiger partial charge in [0.1, 0.15) is 11.6 Å². The predicted molar refractivity (Wildman–Crippen MR) is 129 cm³/mol. The van der Waals surface area contributed by atoms with Gasteiger partial charge in [-0.05, 0) is 56.7 Å². The second kappa shape index (κ2) is 9.11. The van der Waals surface area contributed by atoms with Gasteiger partial charge in [-0.2, -0.15) is 9.97 Å². The Morgan fingerprint density at radius 2 is 1.76 bits per heavy atom. The van der Waals surface area contributed by atoms with Crippen molar-refractivity contribution in [2.75, 3.05) is 42.6 Å². The fraction of sp³-hybridized carbons (Fsp3) is 0.480. The highest BCUT2D eigenvalue weighted by atomic mass is 16.5. The summed E-state index contributed by atoms with van der Waals surface area (Å²) >= 11 is 0. The van der Waals surface area contributed by atoms with E-state index in [2.05, 4.69) is 36.6 Å². The first-order valence-corrected chi connectivity index (χ1v) is 11.7. The van der Waals surface area contributed by atoms with Crippen LogP contribution in [-0.4, -0.2) is 71.2 Å². The summed E-state index contributed by atoms with van der Waals surface area (Å²) < 4.78 is 11.7. The Bertz CT molecular complexity index is 1110. The molecule has 33 heavy (non-hydrogen) atoms. The Labute approximate surface area is 194 Å². The van der Waals surface area contributed by atoms with E-state index in [1.165, 1.54) is 0 Å². The summed E-state index contributed by atoms with van der Waals surface area (Å²) in [5.74, 6) is 1.85. The molecule has 174 valence electrons. The van der Waals surface area contributed by atoms with Crippen LogP contribution in [-0.2, 0) is 9.47 Å². The Hall–Kier alpha value is -2.97. The van der Waals surface area contributed by atoms with Crippen LogP contribution in [0.25, 0.3) is 22.3 Å². The zero-order valence-corrected chi connectivity index (χ0v) is 19.4. The number of morpholine rings is 2. The molecule has 2 fully saturated rings. The first-order chi connectivity index (χ1) is 16.0. The van der Waals surface area contributed by atoms with Gasteiger partial charge >= 0.3 is 0 Å². The van der Waals surface area contributed by atoms with Gasteiger partial charge in [0.25, 0.3) is 0 Å². The zero-order valence-electron chi connectivity index (χ0n) is 19.4.